The van der Waals surface area contributed by atoms with Crippen molar-refractivity contribution in [3.8, 4) is 11.4 Å². The van der Waals surface area contributed by atoms with Crippen LogP contribution in [0.1, 0.15) is 50.1 Å². The van der Waals surface area contributed by atoms with E-state index in [0.29, 0.717) is 23.3 Å². The maximum atomic E-state index is 12.8. The van der Waals surface area contributed by atoms with Gasteiger partial charge in [0.05, 0.1) is 11.2 Å². The molecule has 0 aliphatic carbocycles. The lowest BCUT2D eigenvalue weighted by molar-refractivity contribution is 0.363. The number of hydrogen-bond donors (Lipinski definition) is 1. The van der Waals surface area contributed by atoms with Gasteiger partial charge in [-0.15, -0.1) is 0 Å². The highest BCUT2D eigenvalue weighted by molar-refractivity contribution is 5.80. The van der Waals surface area contributed by atoms with Crippen molar-refractivity contribution in [1.29, 1.82) is 0 Å². The van der Waals surface area contributed by atoms with Crippen LogP contribution in [0.4, 0.5) is 0 Å². The summed E-state index contributed by atoms with van der Waals surface area (Å²) in [6.45, 7) is 14.4. The van der Waals surface area contributed by atoms with E-state index >= 15 is 0 Å². The van der Waals surface area contributed by atoms with Crippen molar-refractivity contribution < 1.29 is 0 Å². The number of aromatic nitrogens is 4. The topological polar surface area (TPSA) is 63.6 Å². The van der Waals surface area contributed by atoms with Crippen LogP contribution >= 0.6 is 0 Å². The minimum atomic E-state index is -0.249. The summed E-state index contributed by atoms with van der Waals surface area (Å²) < 4.78 is 1.87. The minimum absolute atomic E-state index is 0.119. The second-order valence-electron chi connectivity index (χ2n) is 7.77. The number of fused-ring (bicyclic) bond motifs is 1. The van der Waals surface area contributed by atoms with E-state index in [1.54, 1.807) is 0 Å². The Morgan fingerprint density at radius 1 is 1.12 bits per heavy atom. The van der Waals surface area contributed by atoms with Crippen molar-refractivity contribution >= 4 is 11.0 Å². The van der Waals surface area contributed by atoms with Gasteiger partial charge in [-0.3, -0.25) is 4.79 Å². The molecule has 0 saturated carbocycles. The van der Waals surface area contributed by atoms with E-state index in [-0.39, 0.29) is 11.1 Å². The molecule has 0 aliphatic rings. The van der Waals surface area contributed by atoms with Crippen LogP contribution < -0.4 is 5.56 Å². The first-order valence-corrected chi connectivity index (χ1v) is 8.74. The zero-order chi connectivity index (χ0) is 18.5. The lowest BCUT2D eigenvalue weighted by atomic mass is 9.99. The normalized spacial score (nSPS) is 12.1. The molecule has 5 nitrogen and oxygen atoms in total. The molecule has 5 heteroatoms. The number of aromatic amines is 1. The molecule has 1 aromatic carbocycles. The molecule has 2 heterocycles. The van der Waals surface area contributed by atoms with Crippen molar-refractivity contribution in [3.05, 3.63) is 44.9 Å². The predicted octanol–water partition coefficient (Wildman–Crippen LogP) is 4.03. The average molecular weight is 338 g/mol. The summed E-state index contributed by atoms with van der Waals surface area (Å²) in [5.41, 5.74) is 5.49. The number of hydrogen-bond acceptors (Lipinski definition) is 3. The smallest absolute Gasteiger partial charge is 0.262 e. The van der Waals surface area contributed by atoms with Gasteiger partial charge in [0.15, 0.2) is 5.65 Å². The van der Waals surface area contributed by atoms with Gasteiger partial charge in [0.2, 0.25) is 0 Å². The molecular weight excluding hydrogens is 312 g/mol. The van der Waals surface area contributed by atoms with E-state index in [0.717, 1.165) is 22.4 Å². The number of nitrogens with zero attached hydrogens (tertiary/aromatic N) is 3. The Morgan fingerprint density at radius 2 is 1.72 bits per heavy atom. The van der Waals surface area contributed by atoms with Crippen LogP contribution in [0.25, 0.3) is 22.4 Å². The van der Waals surface area contributed by atoms with Gasteiger partial charge in [-0.1, -0.05) is 24.6 Å². The fourth-order valence-electron chi connectivity index (χ4n) is 3.48. The fourth-order valence-corrected chi connectivity index (χ4v) is 3.48. The molecule has 0 bridgehead atoms. The number of rotatable bonds is 2. The van der Waals surface area contributed by atoms with Crippen molar-refractivity contribution in [2.45, 2.75) is 60.4 Å². The van der Waals surface area contributed by atoms with E-state index in [2.05, 4.69) is 63.8 Å². The van der Waals surface area contributed by atoms with Crippen molar-refractivity contribution in [3.63, 3.8) is 0 Å². The molecule has 0 amide bonds. The Kier molecular flexibility index (Phi) is 4.06. The molecular formula is C20H26N4O. The van der Waals surface area contributed by atoms with Crippen LogP contribution in [-0.4, -0.2) is 19.7 Å². The molecule has 25 heavy (non-hydrogen) atoms. The molecule has 3 aromatic rings. The highest BCUT2D eigenvalue weighted by atomic mass is 16.1. The van der Waals surface area contributed by atoms with Gasteiger partial charge in [-0.25, -0.2) is 9.67 Å². The molecule has 132 valence electrons. The van der Waals surface area contributed by atoms with E-state index in [4.69, 9.17) is 4.98 Å². The summed E-state index contributed by atoms with van der Waals surface area (Å²) in [5, 5.41) is 5.27. The summed E-state index contributed by atoms with van der Waals surface area (Å²) in [6, 6.07) is 4.23. The van der Waals surface area contributed by atoms with Gasteiger partial charge in [0.1, 0.15) is 11.2 Å². The quantitative estimate of drug-likeness (QED) is 0.767. The van der Waals surface area contributed by atoms with Crippen LogP contribution in [-0.2, 0) is 12.0 Å². The number of benzene rings is 1. The van der Waals surface area contributed by atoms with E-state index < -0.39 is 0 Å². The molecule has 0 radical (unpaired) electrons. The second kappa shape index (κ2) is 5.83. The molecule has 1 N–H and O–H groups in total. The van der Waals surface area contributed by atoms with E-state index in [1.807, 2.05) is 11.6 Å². The predicted molar refractivity (Wildman–Crippen MR) is 102 cm³/mol. The zero-order valence-corrected chi connectivity index (χ0v) is 16.1. The van der Waals surface area contributed by atoms with Gasteiger partial charge < -0.3 is 4.98 Å². The van der Waals surface area contributed by atoms with E-state index in [9.17, 15) is 4.79 Å². The average Bonchev–Trinajstić information content (AvgIpc) is 2.85. The van der Waals surface area contributed by atoms with Gasteiger partial charge in [-0.2, -0.15) is 5.10 Å². The highest BCUT2D eigenvalue weighted by Gasteiger charge is 2.24. The lowest BCUT2D eigenvalue weighted by Crippen LogP contribution is -2.24. The number of H-pyrrole nitrogens is 1. The van der Waals surface area contributed by atoms with Crippen molar-refractivity contribution in [1.82, 2.24) is 19.7 Å². The first kappa shape index (κ1) is 17.4. The van der Waals surface area contributed by atoms with Crippen LogP contribution in [0.3, 0.4) is 0 Å². The fraction of sp³-hybridized carbons (Fsp3) is 0.450. The first-order valence-electron chi connectivity index (χ1n) is 8.74. The summed E-state index contributed by atoms with van der Waals surface area (Å²) in [7, 11) is 0. The molecule has 0 atom stereocenters. The zero-order valence-electron chi connectivity index (χ0n) is 16.1. The maximum absolute atomic E-state index is 12.8. The number of nitrogens with one attached hydrogen (secondary N) is 1. The van der Waals surface area contributed by atoms with Crippen LogP contribution in [0.2, 0.25) is 0 Å². The summed E-state index contributed by atoms with van der Waals surface area (Å²) >= 11 is 0. The van der Waals surface area contributed by atoms with Crippen LogP contribution in [0.5, 0.6) is 0 Å². The third-order valence-corrected chi connectivity index (χ3v) is 4.49. The Bertz CT molecular complexity index is 996. The molecule has 0 unspecified atom stereocenters. The van der Waals surface area contributed by atoms with Gasteiger partial charge in [-0.05, 0) is 59.1 Å². The Labute approximate surface area is 148 Å². The summed E-state index contributed by atoms with van der Waals surface area (Å²) in [6.07, 6.45) is 0.701. The Morgan fingerprint density at radius 3 is 2.24 bits per heavy atom. The maximum Gasteiger partial charge on any atom is 0.262 e. The summed E-state index contributed by atoms with van der Waals surface area (Å²) in [4.78, 5) is 20.7. The Balaban J connectivity index is 2.39. The third-order valence-electron chi connectivity index (χ3n) is 4.49. The standard InChI is InChI=1S/C20H26N4O/c1-8-14-16-18(24(23-14)20(5,6)7)21-17(22-19(16)25)15-12(3)9-11(2)10-13(15)4/h9-10H,8H2,1-7H3,(H,21,22,25). The highest BCUT2D eigenvalue weighted by Crippen LogP contribution is 2.28. The lowest BCUT2D eigenvalue weighted by Gasteiger charge is -2.20. The SMILES string of the molecule is CCc1nn(C(C)(C)C)c2nc(-c3c(C)cc(C)cc3C)[nH]c(=O)c12. The molecule has 0 saturated heterocycles. The largest absolute Gasteiger partial charge is 0.306 e. The minimum Gasteiger partial charge on any atom is -0.306 e. The Hall–Kier alpha value is -2.43. The monoisotopic (exact) mass is 338 g/mol. The van der Waals surface area contributed by atoms with Crippen molar-refractivity contribution in [2.24, 2.45) is 0 Å². The van der Waals surface area contributed by atoms with Crippen LogP contribution in [0, 0.1) is 20.8 Å². The molecule has 3 rings (SSSR count). The third kappa shape index (κ3) is 2.88. The second-order valence-corrected chi connectivity index (χ2v) is 7.77. The summed E-state index contributed by atoms with van der Waals surface area (Å²) in [5.74, 6) is 0.612. The molecule has 2 aromatic heterocycles. The number of aryl methyl sites for hydroxylation is 4. The van der Waals surface area contributed by atoms with E-state index in [1.165, 1.54) is 5.56 Å². The molecule has 0 fully saturated rings. The molecule has 0 aliphatic heterocycles. The van der Waals surface area contributed by atoms with Crippen LogP contribution in [0.15, 0.2) is 16.9 Å². The van der Waals surface area contributed by atoms with Crippen molar-refractivity contribution in [2.75, 3.05) is 0 Å². The first-order chi connectivity index (χ1) is 11.6. The van der Waals surface area contributed by atoms with Gasteiger partial charge in [0, 0.05) is 5.56 Å². The molecule has 0 spiro atoms. The van der Waals surface area contributed by atoms with Gasteiger partial charge in [0.25, 0.3) is 5.56 Å². The van der Waals surface area contributed by atoms with Gasteiger partial charge >= 0.3 is 0 Å².